The number of hydrogen-bond acceptors (Lipinski definition) is 7. The number of anilines is 2. The number of aromatic nitrogens is 6. The molecule has 1 fully saturated rings. The number of hydrogen-bond donors (Lipinski definition) is 2. The van der Waals surface area contributed by atoms with Crippen molar-refractivity contribution in [3.05, 3.63) is 58.1 Å². The van der Waals surface area contributed by atoms with Gasteiger partial charge in [-0.05, 0) is 43.4 Å². The normalized spacial score (nSPS) is 20.0. The van der Waals surface area contributed by atoms with Crippen molar-refractivity contribution in [2.45, 2.75) is 57.8 Å². The molecule has 4 heterocycles. The second kappa shape index (κ2) is 8.51. The fourth-order valence-electron chi connectivity index (χ4n) is 5.61. The van der Waals surface area contributed by atoms with Gasteiger partial charge in [0.2, 0.25) is 5.91 Å². The number of nitrogens with two attached hydrogens (primary N) is 1. The highest BCUT2D eigenvalue weighted by Crippen LogP contribution is 2.47. The molecule has 1 aromatic carbocycles. The topological polar surface area (TPSA) is 124 Å². The van der Waals surface area contributed by atoms with Crippen LogP contribution in [0.3, 0.4) is 0 Å². The Bertz CT molecular complexity index is 1510. The first-order valence-electron chi connectivity index (χ1n) is 12.3. The van der Waals surface area contributed by atoms with E-state index in [1.807, 2.05) is 25.1 Å². The molecule has 9 nitrogen and oxygen atoms in total. The number of nitrogen functional groups attached to an aromatic ring is 1. The number of halogens is 1. The highest BCUT2D eigenvalue weighted by atomic mass is 35.5. The van der Waals surface area contributed by atoms with Crippen molar-refractivity contribution < 1.29 is 4.79 Å². The van der Waals surface area contributed by atoms with Crippen molar-refractivity contribution in [2.75, 3.05) is 11.1 Å². The summed E-state index contributed by atoms with van der Waals surface area (Å²) in [5, 5.41) is 7.74. The van der Waals surface area contributed by atoms with E-state index in [9.17, 15) is 4.79 Å². The molecule has 1 aliphatic heterocycles. The summed E-state index contributed by atoms with van der Waals surface area (Å²) in [5.41, 5.74) is 9.72. The van der Waals surface area contributed by atoms with E-state index in [1.54, 1.807) is 17.6 Å². The molecule has 1 amide bonds. The Labute approximate surface area is 213 Å². The zero-order valence-corrected chi connectivity index (χ0v) is 21.0. The molecule has 1 unspecified atom stereocenters. The number of fused-ring (bicyclic) bond motifs is 2. The van der Waals surface area contributed by atoms with Gasteiger partial charge in [-0.15, -0.1) is 0 Å². The molecule has 6 rings (SSSR count). The molecule has 36 heavy (non-hydrogen) atoms. The Morgan fingerprint density at radius 2 is 2.00 bits per heavy atom. The zero-order valence-electron chi connectivity index (χ0n) is 20.3. The number of nitrogens with zero attached hydrogens (tertiary/aromatic N) is 6. The molecule has 1 aliphatic carbocycles. The van der Waals surface area contributed by atoms with Crippen molar-refractivity contribution in [2.24, 2.45) is 5.92 Å². The smallest absolute Gasteiger partial charge is 0.240 e. The van der Waals surface area contributed by atoms with Gasteiger partial charge in [0, 0.05) is 5.02 Å². The third-order valence-corrected chi connectivity index (χ3v) is 7.87. The lowest BCUT2D eigenvalue weighted by Gasteiger charge is -2.24. The Morgan fingerprint density at radius 1 is 1.19 bits per heavy atom. The molecule has 3 N–H and O–H groups in total. The van der Waals surface area contributed by atoms with Crippen LogP contribution >= 0.6 is 11.6 Å². The number of benzene rings is 1. The molecular weight excluding hydrogens is 476 g/mol. The lowest BCUT2D eigenvalue weighted by Crippen LogP contribution is -2.33. The minimum absolute atomic E-state index is 0.210. The van der Waals surface area contributed by atoms with Crippen LogP contribution in [0.2, 0.25) is 5.02 Å². The maximum Gasteiger partial charge on any atom is 0.240 e. The molecule has 4 aromatic rings. The van der Waals surface area contributed by atoms with Gasteiger partial charge in [0.25, 0.3) is 0 Å². The van der Waals surface area contributed by atoms with Gasteiger partial charge in [-0.25, -0.2) is 24.5 Å². The third-order valence-electron chi connectivity index (χ3n) is 7.55. The van der Waals surface area contributed by atoms with Crippen molar-refractivity contribution >= 4 is 34.8 Å². The van der Waals surface area contributed by atoms with Gasteiger partial charge in [0.1, 0.15) is 29.1 Å². The van der Waals surface area contributed by atoms with Crippen molar-refractivity contribution in [3.8, 4) is 11.5 Å². The van der Waals surface area contributed by atoms with Crippen LogP contribution < -0.4 is 11.1 Å². The maximum absolute atomic E-state index is 13.3. The molecule has 1 saturated carbocycles. The lowest BCUT2D eigenvalue weighted by molar-refractivity contribution is -0.119. The van der Waals surface area contributed by atoms with Crippen LogP contribution in [0.25, 0.3) is 17.2 Å². The number of aryl methyl sites for hydroxylation is 1. The number of carbonyl (C=O) groups excluding carboxylic acids is 1. The quantitative estimate of drug-likeness (QED) is 0.420. The molecule has 184 valence electrons. The summed E-state index contributed by atoms with van der Waals surface area (Å²) in [4.78, 5) is 31.9. The minimum atomic E-state index is -1.11. The summed E-state index contributed by atoms with van der Waals surface area (Å²) >= 11 is 6.57. The second-order valence-corrected chi connectivity index (χ2v) is 10.4. The summed E-state index contributed by atoms with van der Waals surface area (Å²) in [7, 11) is 0. The minimum Gasteiger partial charge on any atom is -0.383 e. The first-order chi connectivity index (χ1) is 17.3. The highest BCUT2D eigenvalue weighted by Gasteiger charge is 2.48. The lowest BCUT2D eigenvalue weighted by atomic mass is 9.77. The van der Waals surface area contributed by atoms with Crippen LogP contribution in [0.1, 0.15) is 61.4 Å². The monoisotopic (exact) mass is 502 g/mol. The molecule has 0 radical (unpaired) electrons. The third kappa shape index (κ3) is 3.61. The number of nitrogens with one attached hydrogen (secondary N) is 1. The summed E-state index contributed by atoms with van der Waals surface area (Å²) in [6.45, 7) is 3.75. The van der Waals surface area contributed by atoms with Crippen molar-refractivity contribution in [1.29, 1.82) is 0 Å². The van der Waals surface area contributed by atoms with Crippen LogP contribution in [0, 0.1) is 12.8 Å². The van der Waals surface area contributed by atoms with Crippen molar-refractivity contribution in [3.63, 3.8) is 0 Å². The van der Waals surface area contributed by atoms with E-state index in [4.69, 9.17) is 27.3 Å². The van der Waals surface area contributed by atoms with E-state index in [-0.39, 0.29) is 11.7 Å². The number of carbonyl (C=O) groups is 1. The van der Waals surface area contributed by atoms with Gasteiger partial charge in [0.15, 0.2) is 11.5 Å². The predicted molar refractivity (Wildman–Crippen MR) is 138 cm³/mol. The Kier molecular flexibility index (Phi) is 5.40. The number of rotatable bonds is 4. The first kappa shape index (κ1) is 22.8. The zero-order chi connectivity index (χ0) is 25.0. The van der Waals surface area contributed by atoms with Crippen LogP contribution in [-0.2, 0) is 16.6 Å². The van der Waals surface area contributed by atoms with Gasteiger partial charge >= 0.3 is 0 Å². The molecule has 0 spiro atoms. The molecule has 0 saturated heterocycles. The standard InChI is InChI=1S/C26H27ClN8O/c1-14-8-9-16(17(27)10-14)26(2)20-21(28)32-22(33-23(20)34-25(26)36)19-12-35-24(29-13-30-35)18(31-19)11-15-6-4-3-5-7-15/h8-10,12-13,15H,3-7,11H2,1-2H3,(H3,28,32,33,34,36). The van der Waals surface area contributed by atoms with E-state index in [1.165, 1.54) is 38.4 Å². The first-order valence-corrected chi connectivity index (χ1v) is 12.7. The maximum atomic E-state index is 13.3. The Morgan fingerprint density at radius 3 is 2.78 bits per heavy atom. The summed E-state index contributed by atoms with van der Waals surface area (Å²) in [6.07, 6.45) is 10.3. The molecular formula is C26H27ClN8O. The molecule has 3 aromatic heterocycles. The van der Waals surface area contributed by atoms with E-state index >= 15 is 0 Å². The fraction of sp³-hybridized carbons (Fsp3) is 0.385. The highest BCUT2D eigenvalue weighted by molar-refractivity contribution is 6.32. The Balaban J connectivity index is 1.44. The summed E-state index contributed by atoms with van der Waals surface area (Å²) in [6, 6.07) is 5.62. The van der Waals surface area contributed by atoms with Crippen LogP contribution in [0.4, 0.5) is 11.6 Å². The average molecular weight is 503 g/mol. The van der Waals surface area contributed by atoms with Gasteiger partial charge < -0.3 is 11.1 Å². The van der Waals surface area contributed by atoms with Gasteiger partial charge in [-0.2, -0.15) is 5.10 Å². The molecule has 1 atom stereocenters. The summed E-state index contributed by atoms with van der Waals surface area (Å²) < 4.78 is 1.71. The molecule has 10 heteroatoms. The SMILES string of the molecule is Cc1ccc(C2(C)C(=O)Nc3nc(-c4cn5ncnc5c(CC5CCCCC5)n4)nc(N)c32)c(Cl)c1. The average Bonchev–Trinajstić information content (AvgIpc) is 3.42. The predicted octanol–water partition coefficient (Wildman–Crippen LogP) is 4.51. The van der Waals surface area contributed by atoms with Gasteiger partial charge in [0.05, 0.1) is 17.5 Å². The number of amides is 1. The fourth-order valence-corrected chi connectivity index (χ4v) is 6.03. The largest absolute Gasteiger partial charge is 0.383 e. The van der Waals surface area contributed by atoms with E-state index in [2.05, 4.69) is 20.4 Å². The van der Waals surface area contributed by atoms with Gasteiger partial charge in [-0.3, -0.25) is 4.79 Å². The van der Waals surface area contributed by atoms with E-state index < -0.39 is 5.41 Å². The van der Waals surface area contributed by atoms with Crippen LogP contribution in [0.15, 0.2) is 30.7 Å². The van der Waals surface area contributed by atoms with Gasteiger partial charge in [-0.1, -0.05) is 55.8 Å². The van der Waals surface area contributed by atoms with E-state index in [0.717, 1.165) is 23.3 Å². The molecule has 2 aliphatic rings. The van der Waals surface area contributed by atoms with Crippen molar-refractivity contribution in [1.82, 2.24) is 29.5 Å². The Hall–Kier alpha value is -3.59. The van der Waals surface area contributed by atoms with E-state index in [0.29, 0.717) is 39.4 Å². The second-order valence-electron chi connectivity index (χ2n) is 10.0. The summed E-state index contributed by atoms with van der Waals surface area (Å²) in [5.74, 6) is 1.23. The van der Waals surface area contributed by atoms with Crippen LogP contribution in [0.5, 0.6) is 0 Å². The molecule has 0 bridgehead atoms. The van der Waals surface area contributed by atoms with Crippen LogP contribution in [-0.4, -0.2) is 35.5 Å².